The first kappa shape index (κ1) is 11.1. The molecule has 1 heterocycles. The van der Waals surface area contributed by atoms with E-state index < -0.39 is 0 Å². The van der Waals surface area contributed by atoms with E-state index in [9.17, 15) is 0 Å². The van der Waals surface area contributed by atoms with Crippen LogP contribution in [0.1, 0.15) is 37.7 Å². The summed E-state index contributed by atoms with van der Waals surface area (Å²) in [5, 5.41) is 3.69. The van der Waals surface area contributed by atoms with E-state index in [2.05, 4.69) is 36.5 Å². The lowest BCUT2D eigenvalue weighted by atomic mass is 9.73. The minimum absolute atomic E-state index is 0.552. The molecule has 2 aliphatic rings. The Hall–Kier alpha value is -1.02. The van der Waals surface area contributed by atoms with Gasteiger partial charge in [-0.15, -0.1) is 0 Å². The van der Waals surface area contributed by atoms with Gasteiger partial charge in [-0.05, 0) is 31.4 Å². The van der Waals surface area contributed by atoms with E-state index >= 15 is 0 Å². The average Bonchev–Trinajstić information content (AvgIpc) is 2.69. The number of fused-ring (bicyclic) bond motifs is 1. The van der Waals surface area contributed by atoms with Gasteiger partial charge in [0.25, 0.3) is 0 Å². The zero-order chi connectivity index (χ0) is 11.7. The highest BCUT2D eigenvalue weighted by Gasteiger charge is 2.37. The molecule has 17 heavy (non-hydrogen) atoms. The fourth-order valence-corrected chi connectivity index (χ4v) is 3.16. The van der Waals surface area contributed by atoms with Gasteiger partial charge in [0.05, 0.1) is 6.61 Å². The number of likely N-dealkylation sites (N-methyl/N-ethyl adjacent to an activating group) is 1. The van der Waals surface area contributed by atoms with Crippen LogP contribution in [0.2, 0.25) is 0 Å². The molecule has 0 radical (unpaired) electrons. The van der Waals surface area contributed by atoms with Crippen LogP contribution in [0.15, 0.2) is 24.3 Å². The maximum absolute atomic E-state index is 5.82. The second-order valence-electron chi connectivity index (χ2n) is 5.23. The van der Waals surface area contributed by atoms with Crippen LogP contribution in [0.5, 0.6) is 5.75 Å². The third kappa shape index (κ3) is 1.95. The van der Waals surface area contributed by atoms with Crippen LogP contribution in [0, 0.1) is 5.92 Å². The topological polar surface area (TPSA) is 21.3 Å². The molecule has 2 nitrogen and oxygen atoms in total. The second-order valence-corrected chi connectivity index (χ2v) is 5.23. The maximum Gasteiger partial charge on any atom is 0.122 e. The van der Waals surface area contributed by atoms with E-state index in [1.165, 1.54) is 24.8 Å². The molecule has 1 saturated carbocycles. The first-order valence-electron chi connectivity index (χ1n) is 6.85. The highest BCUT2D eigenvalue weighted by atomic mass is 16.5. The van der Waals surface area contributed by atoms with Crippen LogP contribution in [0.25, 0.3) is 0 Å². The summed E-state index contributed by atoms with van der Waals surface area (Å²) in [7, 11) is 0. The SMILES string of the molecule is CCNC(C1CCC1)C1COc2ccccc21. The quantitative estimate of drug-likeness (QED) is 0.860. The number of nitrogens with one attached hydrogen (secondary N) is 1. The van der Waals surface area contributed by atoms with Crippen LogP contribution >= 0.6 is 0 Å². The molecule has 2 atom stereocenters. The predicted molar refractivity (Wildman–Crippen MR) is 69.5 cm³/mol. The Morgan fingerprint density at radius 1 is 1.35 bits per heavy atom. The molecule has 0 saturated heterocycles. The number of ether oxygens (including phenoxy) is 1. The molecule has 1 N–H and O–H groups in total. The van der Waals surface area contributed by atoms with Crippen molar-refractivity contribution in [3.63, 3.8) is 0 Å². The van der Waals surface area contributed by atoms with Crippen LogP contribution in [0.4, 0.5) is 0 Å². The molecule has 1 fully saturated rings. The number of hydrogen-bond acceptors (Lipinski definition) is 2. The van der Waals surface area contributed by atoms with Gasteiger partial charge in [-0.2, -0.15) is 0 Å². The summed E-state index contributed by atoms with van der Waals surface area (Å²) in [4.78, 5) is 0. The summed E-state index contributed by atoms with van der Waals surface area (Å²) in [6.45, 7) is 4.11. The zero-order valence-corrected chi connectivity index (χ0v) is 10.5. The van der Waals surface area contributed by atoms with Crippen molar-refractivity contribution < 1.29 is 4.74 Å². The Morgan fingerprint density at radius 3 is 2.88 bits per heavy atom. The summed E-state index contributed by atoms with van der Waals surface area (Å²) in [5.74, 6) is 2.51. The lowest BCUT2D eigenvalue weighted by Crippen LogP contribution is -2.44. The summed E-state index contributed by atoms with van der Waals surface area (Å²) in [6, 6.07) is 9.13. The van der Waals surface area contributed by atoms with Crippen LogP contribution in [-0.2, 0) is 0 Å². The largest absolute Gasteiger partial charge is 0.493 e. The van der Waals surface area contributed by atoms with E-state index in [4.69, 9.17) is 4.74 Å². The maximum atomic E-state index is 5.82. The number of para-hydroxylation sites is 1. The van der Waals surface area contributed by atoms with Gasteiger partial charge in [-0.1, -0.05) is 31.5 Å². The van der Waals surface area contributed by atoms with Crippen molar-refractivity contribution in [2.24, 2.45) is 5.92 Å². The van der Waals surface area contributed by atoms with Gasteiger partial charge in [0.2, 0.25) is 0 Å². The van der Waals surface area contributed by atoms with Crippen molar-refractivity contribution in [2.45, 2.75) is 38.1 Å². The van der Waals surface area contributed by atoms with Gasteiger partial charge in [0.15, 0.2) is 0 Å². The van der Waals surface area contributed by atoms with Gasteiger partial charge in [0, 0.05) is 17.5 Å². The Morgan fingerprint density at radius 2 is 2.18 bits per heavy atom. The van der Waals surface area contributed by atoms with Crippen molar-refractivity contribution in [2.75, 3.05) is 13.2 Å². The molecule has 92 valence electrons. The third-order valence-corrected chi connectivity index (χ3v) is 4.27. The Labute approximate surface area is 103 Å². The first-order valence-corrected chi connectivity index (χ1v) is 6.85. The predicted octanol–water partition coefficient (Wildman–Crippen LogP) is 2.94. The van der Waals surface area contributed by atoms with Gasteiger partial charge >= 0.3 is 0 Å². The van der Waals surface area contributed by atoms with E-state index in [-0.39, 0.29) is 0 Å². The van der Waals surface area contributed by atoms with Gasteiger partial charge in [-0.25, -0.2) is 0 Å². The van der Waals surface area contributed by atoms with E-state index in [0.717, 1.165) is 24.8 Å². The highest BCUT2D eigenvalue weighted by Crippen LogP contribution is 2.42. The molecule has 0 aromatic heterocycles. The normalized spacial score (nSPS) is 24.9. The van der Waals surface area contributed by atoms with Crippen LogP contribution in [-0.4, -0.2) is 19.2 Å². The van der Waals surface area contributed by atoms with Crippen LogP contribution < -0.4 is 10.1 Å². The Kier molecular flexibility index (Phi) is 3.06. The minimum Gasteiger partial charge on any atom is -0.493 e. The van der Waals surface area contributed by atoms with E-state index in [0.29, 0.717) is 12.0 Å². The molecule has 0 bridgehead atoms. The highest BCUT2D eigenvalue weighted by molar-refractivity contribution is 5.40. The summed E-state index contributed by atoms with van der Waals surface area (Å²) < 4.78 is 5.82. The molecule has 2 unspecified atom stereocenters. The van der Waals surface area contributed by atoms with Crippen molar-refractivity contribution in [3.05, 3.63) is 29.8 Å². The fourth-order valence-electron chi connectivity index (χ4n) is 3.16. The Balaban J connectivity index is 1.82. The molecule has 1 aromatic rings. The number of rotatable bonds is 4. The lowest BCUT2D eigenvalue weighted by molar-refractivity contribution is 0.186. The second kappa shape index (κ2) is 4.69. The molecule has 1 aromatic carbocycles. The molecule has 3 rings (SSSR count). The monoisotopic (exact) mass is 231 g/mol. The van der Waals surface area contributed by atoms with Gasteiger partial charge < -0.3 is 10.1 Å². The summed E-state index contributed by atoms with van der Waals surface area (Å²) >= 11 is 0. The van der Waals surface area contributed by atoms with Crippen molar-refractivity contribution in [1.29, 1.82) is 0 Å². The Bertz CT molecular complexity index is 386. The summed E-state index contributed by atoms with van der Waals surface area (Å²) in [6.07, 6.45) is 4.18. The van der Waals surface area contributed by atoms with Crippen LogP contribution in [0.3, 0.4) is 0 Å². The molecule has 1 aliphatic carbocycles. The lowest BCUT2D eigenvalue weighted by Gasteiger charge is -2.37. The molecule has 2 heteroatoms. The first-order chi connectivity index (χ1) is 8.40. The standard InChI is InChI=1S/C15H21NO/c1-2-16-15(11-6-5-7-11)13-10-17-14-9-4-3-8-12(13)14/h3-4,8-9,11,13,15-16H,2,5-7,10H2,1H3. The molecule has 1 aliphatic heterocycles. The molecular formula is C15H21NO. The minimum atomic E-state index is 0.552. The van der Waals surface area contributed by atoms with Gasteiger partial charge in [-0.3, -0.25) is 0 Å². The van der Waals surface area contributed by atoms with Crippen molar-refractivity contribution in [1.82, 2.24) is 5.32 Å². The molecule has 0 spiro atoms. The third-order valence-electron chi connectivity index (χ3n) is 4.27. The van der Waals surface area contributed by atoms with Gasteiger partial charge in [0.1, 0.15) is 5.75 Å². The average molecular weight is 231 g/mol. The number of benzene rings is 1. The van der Waals surface area contributed by atoms with E-state index in [1.807, 2.05) is 0 Å². The molecule has 0 amide bonds. The van der Waals surface area contributed by atoms with E-state index in [1.54, 1.807) is 0 Å². The number of hydrogen-bond donors (Lipinski definition) is 1. The zero-order valence-electron chi connectivity index (χ0n) is 10.5. The van der Waals surface area contributed by atoms with Crippen molar-refractivity contribution in [3.8, 4) is 5.75 Å². The fraction of sp³-hybridized carbons (Fsp3) is 0.600. The van der Waals surface area contributed by atoms with Crippen molar-refractivity contribution >= 4 is 0 Å². The molecular weight excluding hydrogens is 210 g/mol. The smallest absolute Gasteiger partial charge is 0.122 e. The summed E-state index contributed by atoms with van der Waals surface area (Å²) in [5.41, 5.74) is 1.41.